The molecule has 4 nitrogen and oxygen atoms in total. The highest BCUT2D eigenvalue weighted by molar-refractivity contribution is 9.10. The first kappa shape index (κ1) is 12.2. The average Bonchev–Trinajstić information content (AvgIpc) is 2.97. The topological polar surface area (TPSA) is 51.3 Å². The number of hydrogen-bond donors (Lipinski definition) is 1. The standard InChI is InChI=1S/C13H18BrN3O/c14-10-5-12(17(8-10)11-1-2-11)13(18)16-4-3-9(6-15)7-16/h5,8-9,11H,1-4,6-7,15H2. The van der Waals surface area contributed by atoms with Crippen LogP contribution in [0.2, 0.25) is 0 Å². The van der Waals surface area contributed by atoms with E-state index in [1.807, 2.05) is 17.2 Å². The van der Waals surface area contributed by atoms with Crippen LogP contribution in [0.15, 0.2) is 16.7 Å². The van der Waals surface area contributed by atoms with Gasteiger partial charge in [-0.05, 0) is 53.7 Å². The molecule has 0 radical (unpaired) electrons. The molecule has 2 heterocycles. The van der Waals surface area contributed by atoms with Crippen LogP contribution in [0.3, 0.4) is 0 Å². The Morgan fingerprint density at radius 3 is 2.83 bits per heavy atom. The fourth-order valence-electron chi connectivity index (χ4n) is 2.64. The highest BCUT2D eigenvalue weighted by Gasteiger charge is 2.32. The third-order valence-corrected chi connectivity index (χ3v) is 4.31. The number of carbonyl (C=O) groups excluding carboxylic acids is 1. The zero-order chi connectivity index (χ0) is 12.7. The number of amides is 1. The van der Waals surface area contributed by atoms with E-state index in [0.29, 0.717) is 18.5 Å². The summed E-state index contributed by atoms with van der Waals surface area (Å²) in [7, 11) is 0. The van der Waals surface area contributed by atoms with Gasteiger partial charge in [0, 0.05) is 29.8 Å². The van der Waals surface area contributed by atoms with Crippen LogP contribution in [0.4, 0.5) is 0 Å². The zero-order valence-corrected chi connectivity index (χ0v) is 11.9. The molecule has 1 aliphatic heterocycles. The van der Waals surface area contributed by atoms with Gasteiger partial charge < -0.3 is 15.2 Å². The predicted molar refractivity (Wildman–Crippen MR) is 73.5 cm³/mol. The quantitative estimate of drug-likeness (QED) is 0.928. The van der Waals surface area contributed by atoms with Gasteiger partial charge in [0.05, 0.1) is 0 Å². The minimum Gasteiger partial charge on any atom is -0.339 e. The van der Waals surface area contributed by atoms with E-state index in [1.54, 1.807) is 0 Å². The van der Waals surface area contributed by atoms with Crippen molar-refractivity contribution in [2.45, 2.75) is 25.3 Å². The van der Waals surface area contributed by atoms with Crippen LogP contribution in [-0.4, -0.2) is 35.0 Å². The highest BCUT2D eigenvalue weighted by atomic mass is 79.9. The van der Waals surface area contributed by atoms with Crippen molar-refractivity contribution in [3.63, 3.8) is 0 Å². The molecule has 3 rings (SSSR count). The predicted octanol–water partition coefficient (Wildman–Crippen LogP) is 2.01. The van der Waals surface area contributed by atoms with Crippen molar-refractivity contribution in [2.75, 3.05) is 19.6 Å². The van der Waals surface area contributed by atoms with Crippen molar-refractivity contribution < 1.29 is 4.79 Å². The summed E-state index contributed by atoms with van der Waals surface area (Å²) in [4.78, 5) is 14.5. The lowest BCUT2D eigenvalue weighted by Crippen LogP contribution is -2.31. The van der Waals surface area contributed by atoms with Crippen LogP contribution in [0.25, 0.3) is 0 Å². The number of aromatic nitrogens is 1. The zero-order valence-electron chi connectivity index (χ0n) is 10.3. The Kier molecular flexibility index (Phi) is 3.20. The maximum absolute atomic E-state index is 12.5. The number of nitrogens with zero attached hydrogens (tertiary/aromatic N) is 2. The summed E-state index contributed by atoms with van der Waals surface area (Å²) >= 11 is 3.47. The second-order valence-electron chi connectivity index (χ2n) is 5.32. The van der Waals surface area contributed by atoms with E-state index in [1.165, 1.54) is 12.8 Å². The molecule has 2 aliphatic rings. The molecule has 0 aromatic carbocycles. The van der Waals surface area contributed by atoms with Crippen molar-refractivity contribution in [2.24, 2.45) is 11.7 Å². The second-order valence-corrected chi connectivity index (χ2v) is 6.24. The van der Waals surface area contributed by atoms with E-state index in [-0.39, 0.29) is 5.91 Å². The van der Waals surface area contributed by atoms with Crippen LogP contribution in [0.1, 0.15) is 35.8 Å². The normalized spacial score (nSPS) is 23.7. The Hall–Kier alpha value is -0.810. The molecule has 1 saturated heterocycles. The van der Waals surface area contributed by atoms with E-state index in [0.717, 1.165) is 29.7 Å². The lowest BCUT2D eigenvalue weighted by Gasteiger charge is -2.17. The van der Waals surface area contributed by atoms with Crippen molar-refractivity contribution in [3.8, 4) is 0 Å². The van der Waals surface area contributed by atoms with Gasteiger partial charge in [-0.2, -0.15) is 0 Å². The van der Waals surface area contributed by atoms with Crippen molar-refractivity contribution in [1.82, 2.24) is 9.47 Å². The molecule has 0 spiro atoms. The molecular weight excluding hydrogens is 294 g/mol. The number of hydrogen-bond acceptors (Lipinski definition) is 2. The Morgan fingerprint density at radius 2 is 2.22 bits per heavy atom. The largest absolute Gasteiger partial charge is 0.339 e. The monoisotopic (exact) mass is 311 g/mol. The van der Waals surface area contributed by atoms with Gasteiger partial charge in [-0.15, -0.1) is 0 Å². The van der Waals surface area contributed by atoms with Gasteiger partial charge in [-0.25, -0.2) is 0 Å². The van der Waals surface area contributed by atoms with E-state index < -0.39 is 0 Å². The lowest BCUT2D eigenvalue weighted by atomic mass is 10.1. The van der Waals surface area contributed by atoms with Gasteiger partial charge in [0.25, 0.3) is 5.91 Å². The molecular formula is C13H18BrN3O. The molecule has 1 amide bonds. The highest BCUT2D eigenvalue weighted by Crippen LogP contribution is 2.38. The van der Waals surface area contributed by atoms with E-state index in [2.05, 4.69) is 20.5 Å². The van der Waals surface area contributed by atoms with Gasteiger partial charge in [0.15, 0.2) is 0 Å². The van der Waals surface area contributed by atoms with Crippen molar-refractivity contribution in [3.05, 3.63) is 22.4 Å². The van der Waals surface area contributed by atoms with Gasteiger partial charge in [0.1, 0.15) is 5.69 Å². The van der Waals surface area contributed by atoms with Crippen molar-refractivity contribution in [1.29, 1.82) is 0 Å². The minimum absolute atomic E-state index is 0.156. The molecule has 0 bridgehead atoms. The van der Waals surface area contributed by atoms with Crippen LogP contribution in [0, 0.1) is 5.92 Å². The summed E-state index contributed by atoms with van der Waals surface area (Å²) in [6, 6.07) is 2.47. The van der Waals surface area contributed by atoms with Gasteiger partial charge in [-0.3, -0.25) is 4.79 Å². The third kappa shape index (κ3) is 2.21. The van der Waals surface area contributed by atoms with E-state index in [9.17, 15) is 4.79 Å². The second kappa shape index (κ2) is 4.70. The minimum atomic E-state index is 0.156. The maximum Gasteiger partial charge on any atom is 0.270 e. The maximum atomic E-state index is 12.5. The Labute approximate surface area is 115 Å². The van der Waals surface area contributed by atoms with Gasteiger partial charge in [0.2, 0.25) is 0 Å². The number of halogens is 1. The van der Waals surface area contributed by atoms with Crippen LogP contribution in [0.5, 0.6) is 0 Å². The summed E-state index contributed by atoms with van der Waals surface area (Å²) in [5.74, 6) is 0.630. The summed E-state index contributed by atoms with van der Waals surface area (Å²) in [5.41, 5.74) is 6.50. The third-order valence-electron chi connectivity index (χ3n) is 3.88. The summed E-state index contributed by atoms with van der Waals surface area (Å²) in [6.07, 6.45) is 5.44. The van der Waals surface area contributed by atoms with Gasteiger partial charge >= 0.3 is 0 Å². The Bertz CT molecular complexity index is 467. The molecule has 98 valence electrons. The number of rotatable bonds is 3. The molecule has 1 aliphatic carbocycles. The summed E-state index contributed by atoms with van der Waals surface area (Å²) < 4.78 is 3.12. The molecule has 18 heavy (non-hydrogen) atoms. The molecule has 1 aromatic rings. The average molecular weight is 312 g/mol. The molecule has 1 atom stereocenters. The smallest absolute Gasteiger partial charge is 0.270 e. The van der Waals surface area contributed by atoms with Crippen LogP contribution in [-0.2, 0) is 0 Å². The first-order chi connectivity index (χ1) is 8.69. The molecule has 2 N–H and O–H groups in total. The molecule has 1 unspecified atom stereocenters. The first-order valence-corrected chi connectivity index (χ1v) is 7.35. The van der Waals surface area contributed by atoms with Crippen LogP contribution >= 0.6 is 15.9 Å². The lowest BCUT2D eigenvalue weighted by molar-refractivity contribution is 0.0776. The Morgan fingerprint density at radius 1 is 1.44 bits per heavy atom. The Balaban J connectivity index is 1.80. The molecule has 1 aromatic heterocycles. The first-order valence-electron chi connectivity index (χ1n) is 6.55. The summed E-state index contributed by atoms with van der Waals surface area (Å²) in [6.45, 7) is 2.33. The SMILES string of the molecule is NCC1CCN(C(=O)c2cc(Br)cn2C2CC2)C1. The molecule has 1 saturated carbocycles. The number of likely N-dealkylation sites (tertiary alicyclic amines) is 1. The van der Waals surface area contributed by atoms with Gasteiger partial charge in [-0.1, -0.05) is 0 Å². The number of nitrogens with two attached hydrogens (primary N) is 1. The molecule has 5 heteroatoms. The van der Waals surface area contributed by atoms with E-state index in [4.69, 9.17) is 5.73 Å². The fraction of sp³-hybridized carbons (Fsp3) is 0.615. The summed E-state index contributed by atoms with van der Waals surface area (Å²) in [5, 5.41) is 0. The fourth-order valence-corrected chi connectivity index (χ4v) is 3.08. The molecule has 2 fully saturated rings. The van der Waals surface area contributed by atoms with E-state index >= 15 is 0 Å². The van der Waals surface area contributed by atoms with Crippen molar-refractivity contribution >= 4 is 21.8 Å². The number of carbonyl (C=O) groups is 1. The van der Waals surface area contributed by atoms with Crippen LogP contribution < -0.4 is 5.73 Å².